The van der Waals surface area contributed by atoms with Crippen molar-refractivity contribution in [3.05, 3.63) is 77.8 Å². The van der Waals surface area contributed by atoms with Crippen LogP contribution in [0.1, 0.15) is 10.4 Å². The third kappa shape index (κ3) is 3.09. The molecule has 0 saturated carbocycles. The predicted molar refractivity (Wildman–Crippen MR) is 113 cm³/mol. The zero-order chi connectivity index (χ0) is 18.2. The predicted octanol–water partition coefficient (Wildman–Crippen LogP) is 5.83. The average molecular weight is 387 g/mol. The molecule has 0 saturated heterocycles. The van der Waals surface area contributed by atoms with E-state index in [-0.39, 0.29) is 5.91 Å². The molecule has 1 amide bonds. The molecule has 0 aliphatic carbocycles. The molecule has 0 fully saturated rings. The smallest absolute Gasteiger partial charge is 0.255 e. The number of anilines is 1. The Labute approximate surface area is 163 Å². The third-order valence-corrected chi connectivity index (χ3v) is 6.13. The molecule has 5 aromatic rings. The summed E-state index contributed by atoms with van der Waals surface area (Å²) < 4.78 is 2.16. The van der Waals surface area contributed by atoms with E-state index in [4.69, 9.17) is 0 Å². The number of hydrogen-bond acceptors (Lipinski definition) is 5. The molecule has 0 radical (unpaired) electrons. The summed E-state index contributed by atoms with van der Waals surface area (Å²) >= 11 is 3.18. The second-order valence-electron chi connectivity index (χ2n) is 6.06. The molecule has 0 atom stereocenters. The number of nitrogens with one attached hydrogen (secondary N) is 1. The van der Waals surface area contributed by atoms with Gasteiger partial charge in [0.15, 0.2) is 0 Å². The molecule has 0 unspecified atom stereocenters. The summed E-state index contributed by atoms with van der Waals surface area (Å²) in [6, 6.07) is 21.4. The molecule has 4 nitrogen and oxygen atoms in total. The van der Waals surface area contributed by atoms with Gasteiger partial charge < -0.3 is 5.32 Å². The van der Waals surface area contributed by atoms with Gasteiger partial charge in [-0.25, -0.2) is 9.97 Å². The first-order chi connectivity index (χ1) is 13.3. The fourth-order valence-electron chi connectivity index (χ4n) is 2.93. The lowest BCUT2D eigenvalue weighted by Crippen LogP contribution is -2.11. The van der Waals surface area contributed by atoms with Crippen LogP contribution in [0, 0.1) is 0 Å². The van der Waals surface area contributed by atoms with Crippen LogP contribution in [0.5, 0.6) is 0 Å². The lowest BCUT2D eigenvalue weighted by atomic mass is 10.1. The Kier molecular flexibility index (Phi) is 3.92. The number of nitrogens with zero attached hydrogens (tertiary/aromatic N) is 2. The largest absolute Gasteiger partial charge is 0.322 e. The van der Waals surface area contributed by atoms with Crippen molar-refractivity contribution in [1.82, 2.24) is 9.97 Å². The van der Waals surface area contributed by atoms with Gasteiger partial charge >= 0.3 is 0 Å². The third-order valence-electron chi connectivity index (χ3n) is 4.25. The van der Waals surface area contributed by atoms with Crippen LogP contribution in [-0.4, -0.2) is 15.9 Å². The maximum atomic E-state index is 12.6. The van der Waals surface area contributed by atoms with Crippen LogP contribution in [0.2, 0.25) is 0 Å². The lowest BCUT2D eigenvalue weighted by molar-refractivity contribution is 0.102. The molecule has 130 valence electrons. The molecular formula is C21H13N3OS2. The quantitative estimate of drug-likeness (QED) is 0.424. The van der Waals surface area contributed by atoms with Gasteiger partial charge in [-0.3, -0.25) is 4.79 Å². The molecule has 5 rings (SSSR count). The number of fused-ring (bicyclic) bond motifs is 2. The number of carbonyl (C=O) groups is 1. The Bertz CT molecular complexity index is 1260. The van der Waals surface area contributed by atoms with Crippen LogP contribution in [0.3, 0.4) is 0 Å². The molecule has 2 aromatic heterocycles. The first kappa shape index (κ1) is 16.1. The van der Waals surface area contributed by atoms with E-state index in [1.54, 1.807) is 22.9 Å². The number of aromatic nitrogens is 2. The van der Waals surface area contributed by atoms with E-state index in [1.165, 1.54) is 11.3 Å². The molecular weight excluding hydrogens is 374 g/mol. The average Bonchev–Trinajstić information content (AvgIpc) is 3.34. The van der Waals surface area contributed by atoms with Gasteiger partial charge in [-0.15, -0.1) is 22.7 Å². The van der Waals surface area contributed by atoms with Crippen molar-refractivity contribution in [2.75, 3.05) is 5.32 Å². The molecule has 2 heterocycles. The molecule has 0 aliphatic rings. The number of hydrogen-bond donors (Lipinski definition) is 1. The first-order valence-corrected chi connectivity index (χ1v) is 10.1. The zero-order valence-corrected chi connectivity index (χ0v) is 15.7. The van der Waals surface area contributed by atoms with Crippen molar-refractivity contribution < 1.29 is 4.79 Å². The number of carbonyl (C=O) groups excluding carboxylic acids is 1. The van der Waals surface area contributed by atoms with Gasteiger partial charge in [-0.2, -0.15) is 0 Å². The molecule has 6 heteroatoms. The number of thiazole rings is 2. The normalized spacial score (nSPS) is 11.1. The molecule has 0 bridgehead atoms. The number of benzene rings is 3. The van der Waals surface area contributed by atoms with Crippen LogP contribution < -0.4 is 5.32 Å². The topological polar surface area (TPSA) is 54.9 Å². The molecule has 0 aliphatic heterocycles. The maximum Gasteiger partial charge on any atom is 0.255 e. The summed E-state index contributed by atoms with van der Waals surface area (Å²) in [5, 5.41) is 3.92. The summed E-state index contributed by atoms with van der Waals surface area (Å²) in [4.78, 5) is 21.6. The number of rotatable bonds is 3. The van der Waals surface area contributed by atoms with Gasteiger partial charge in [0.05, 0.1) is 25.9 Å². The lowest BCUT2D eigenvalue weighted by Gasteiger charge is -2.06. The van der Waals surface area contributed by atoms with E-state index >= 15 is 0 Å². The fraction of sp³-hybridized carbons (Fsp3) is 0. The van der Waals surface area contributed by atoms with E-state index in [0.29, 0.717) is 5.56 Å². The Morgan fingerprint density at radius 1 is 0.889 bits per heavy atom. The van der Waals surface area contributed by atoms with Crippen molar-refractivity contribution >= 4 is 54.7 Å². The van der Waals surface area contributed by atoms with Gasteiger partial charge in [0.2, 0.25) is 0 Å². The molecule has 0 spiro atoms. The second kappa shape index (κ2) is 6.57. The zero-order valence-electron chi connectivity index (χ0n) is 14.0. The second-order valence-corrected chi connectivity index (χ2v) is 7.97. The standard InChI is InChI=1S/C21H13N3OS2/c25-20(13-8-9-16-19(11-13)26-12-22-16)23-15-5-3-4-14(10-15)21-24-17-6-1-2-7-18(17)27-21/h1-12H,(H,23,25). The van der Waals surface area contributed by atoms with Gasteiger partial charge in [-0.05, 0) is 42.5 Å². The summed E-state index contributed by atoms with van der Waals surface area (Å²) in [6.45, 7) is 0. The summed E-state index contributed by atoms with van der Waals surface area (Å²) in [5.74, 6) is -0.133. The number of amides is 1. The summed E-state index contributed by atoms with van der Waals surface area (Å²) in [6.07, 6.45) is 0. The van der Waals surface area contributed by atoms with E-state index in [2.05, 4.69) is 21.4 Å². The maximum absolute atomic E-state index is 12.6. The van der Waals surface area contributed by atoms with E-state index in [9.17, 15) is 4.79 Å². The highest BCUT2D eigenvalue weighted by molar-refractivity contribution is 7.21. The van der Waals surface area contributed by atoms with Crippen molar-refractivity contribution in [2.24, 2.45) is 0 Å². The van der Waals surface area contributed by atoms with Gasteiger partial charge in [-0.1, -0.05) is 24.3 Å². The molecule has 3 aromatic carbocycles. The van der Waals surface area contributed by atoms with Crippen molar-refractivity contribution in [1.29, 1.82) is 0 Å². The van der Waals surface area contributed by atoms with Gasteiger partial charge in [0, 0.05) is 16.8 Å². The SMILES string of the molecule is O=C(Nc1cccc(-c2nc3ccccc3s2)c1)c1ccc2ncsc2c1. The van der Waals surface area contributed by atoms with Gasteiger partial charge in [0.1, 0.15) is 5.01 Å². The number of para-hydroxylation sites is 1. The summed E-state index contributed by atoms with van der Waals surface area (Å²) in [7, 11) is 0. The summed E-state index contributed by atoms with van der Waals surface area (Å²) in [5.41, 5.74) is 6.05. The van der Waals surface area contributed by atoms with Crippen molar-refractivity contribution in [2.45, 2.75) is 0 Å². The minimum absolute atomic E-state index is 0.133. The molecule has 27 heavy (non-hydrogen) atoms. The Balaban J connectivity index is 1.43. The van der Waals surface area contributed by atoms with E-state index < -0.39 is 0 Å². The van der Waals surface area contributed by atoms with E-state index in [1.807, 2.05) is 54.6 Å². The van der Waals surface area contributed by atoms with Crippen LogP contribution in [0.15, 0.2) is 72.2 Å². The monoisotopic (exact) mass is 387 g/mol. The van der Waals surface area contributed by atoms with Crippen LogP contribution in [0.4, 0.5) is 5.69 Å². The Hall–Kier alpha value is -3.09. The van der Waals surface area contributed by atoms with Crippen LogP contribution >= 0.6 is 22.7 Å². The van der Waals surface area contributed by atoms with Crippen molar-refractivity contribution in [3.8, 4) is 10.6 Å². The van der Waals surface area contributed by atoms with E-state index in [0.717, 1.165) is 36.7 Å². The minimum Gasteiger partial charge on any atom is -0.322 e. The highest BCUT2D eigenvalue weighted by atomic mass is 32.1. The molecule has 1 N–H and O–H groups in total. The van der Waals surface area contributed by atoms with Crippen molar-refractivity contribution in [3.63, 3.8) is 0 Å². The van der Waals surface area contributed by atoms with Crippen LogP contribution in [0.25, 0.3) is 31.0 Å². The highest BCUT2D eigenvalue weighted by Gasteiger charge is 2.10. The minimum atomic E-state index is -0.133. The fourth-order valence-corrected chi connectivity index (χ4v) is 4.60. The van der Waals surface area contributed by atoms with Crippen LogP contribution in [-0.2, 0) is 0 Å². The first-order valence-electron chi connectivity index (χ1n) is 8.37. The Morgan fingerprint density at radius 3 is 2.74 bits per heavy atom. The highest BCUT2D eigenvalue weighted by Crippen LogP contribution is 2.31. The van der Waals surface area contributed by atoms with Gasteiger partial charge in [0.25, 0.3) is 5.91 Å². The Morgan fingerprint density at radius 2 is 1.81 bits per heavy atom.